The summed E-state index contributed by atoms with van der Waals surface area (Å²) in [6.07, 6.45) is 1.10. The summed E-state index contributed by atoms with van der Waals surface area (Å²) in [7, 11) is 1.88. The molecule has 0 bridgehead atoms. The highest BCUT2D eigenvalue weighted by Gasteiger charge is 2.09. The summed E-state index contributed by atoms with van der Waals surface area (Å²) in [5.41, 5.74) is 1.28. The maximum Gasteiger partial charge on any atom is 0.190 e. The Morgan fingerprint density at radius 1 is 1.29 bits per heavy atom. The van der Waals surface area contributed by atoms with Crippen LogP contribution in [0.15, 0.2) is 35.7 Å². The minimum atomic E-state index is -0.545. The Bertz CT molecular complexity index is 554. The van der Waals surface area contributed by atoms with Crippen LogP contribution >= 0.6 is 11.8 Å². The molecule has 1 atom stereocenters. The molecule has 0 radical (unpaired) electrons. The Morgan fingerprint density at radius 3 is 2.57 bits per heavy atom. The number of aliphatic hydroxyl groups excluding tert-OH is 1. The zero-order valence-electron chi connectivity index (χ0n) is 12.6. The van der Waals surface area contributed by atoms with Crippen molar-refractivity contribution in [3.8, 4) is 5.75 Å². The van der Waals surface area contributed by atoms with Gasteiger partial charge >= 0.3 is 0 Å². The Labute approximate surface area is 129 Å². The van der Waals surface area contributed by atoms with E-state index in [0.717, 1.165) is 10.9 Å². The highest BCUT2D eigenvalue weighted by atomic mass is 32.2. The quantitative estimate of drug-likeness (QED) is 0.796. The van der Waals surface area contributed by atoms with E-state index in [1.807, 2.05) is 23.7 Å². The van der Waals surface area contributed by atoms with Gasteiger partial charge < -0.3 is 14.4 Å². The van der Waals surface area contributed by atoms with Crippen molar-refractivity contribution in [2.45, 2.75) is 31.0 Å². The van der Waals surface area contributed by atoms with Crippen molar-refractivity contribution in [1.82, 2.24) is 14.8 Å². The normalized spacial score (nSPS) is 12.6. The zero-order chi connectivity index (χ0) is 15.2. The molecule has 0 spiro atoms. The van der Waals surface area contributed by atoms with Crippen LogP contribution < -0.4 is 4.74 Å². The number of aliphatic hydroxyl groups is 1. The van der Waals surface area contributed by atoms with E-state index in [0.29, 0.717) is 11.7 Å². The van der Waals surface area contributed by atoms with E-state index in [4.69, 9.17) is 4.74 Å². The van der Waals surface area contributed by atoms with E-state index in [1.54, 1.807) is 6.33 Å². The van der Waals surface area contributed by atoms with Gasteiger partial charge in [-0.2, -0.15) is 0 Å². The molecule has 0 aliphatic rings. The fraction of sp³-hybridized carbons (Fsp3) is 0.467. The van der Waals surface area contributed by atoms with E-state index in [-0.39, 0.29) is 6.61 Å². The largest absolute Gasteiger partial charge is 0.491 e. The number of nitrogens with zero attached hydrogens (tertiary/aromatic N) is 3. The number of thioether (sulfide) groups is 1. The monoisotopic (exact) mass is 307 g/mol. The molecule has 1 N–H and O–H groups in total. The fourth-order valence-corrected chi connectivity index (χ4v) is 2.56. The van der Waals surface area contributed by atoms with E-state index >= 15 is 0 Å². The number of aryl methyl sites for hydroxylation is 1. The molecule has 1 unspecified atom stereocenters. The van der Waals surface area contributed by atoms with Crippen molar-refractivity contribution < 1.29 is 9.84 Å². The van der Waals surface area contributed by atoms with Gasteiger partial charge in [0.2, 0.25) is 0 Å². The maximum absolute atomic E-state index is 9.94. The molecule has 0 amide bonds. The first-order valence-electron chi connectivity index (χ1n) is 6.94. The standard InChI is InChI=1S/C15H21N3O2S/c1-11(2)12-4-6-14(7-5-12)20-8-13(19)9-21-15-17-16-10-18(15)3/h4-7,10-11,13,19H,8-9H2,1-3H3. The molecule has 5 nitrogen and oxygen atoms in total. The van der Waals surface area contributed by atoms with E-state index < -0.39 is 6.10 Å². The smallest absolute Gasteiger partial charge is 0.190 e. The highest BCUT2D eigenvalue weighted by Crippen LogP contribution is 2.19. The molecule has 0 fully saturated rings. The molecule has 6 heteroatoms. The van der Waals surface area contributed by atoms with Gasteiger partial charge in [-0.25, -0.2) is 0 Å². The van der Waals surface area contributed by atoms with Crippen LogP contribution in [0.1, 0.15) is 25.3 Å². The molecule has 1 aromatic heterocycles. The van der Waals surface area contributed by atoms with Crippen LogP contribution in [0.4, 0.5) is 0 Å². The van der Waals surface area contributed by atoms with Gasteiger partial charge in [0.05, 0.1) is 6.10 Å². The van der Waals surface area contributed by atoms with Gasteiger partial charge in [0.25, 0.3) is 0 Å². The highest BCUT2D eigenvalue weighted by molar-refractivity contribution is 7.99. The zero-order valence-corrected chi connectivity index (χ0v) is 13.4. The van der Waals surface area contributed by atoms with Crippen molar-refractivity contribution in [1.29, 1.82) is 0 Å². The number of rotatable bonds is 7. The summed E-state index contributed by atoms with van der Waals surface area (Å²) in [4.78, 5) is 0. The summed E-state index contributed by atoms with van der Waals surface area (Å²) < 4.78 is 7.42. The molecule has 0 saturated heterocycles. The van der Waals surface area contributed by atoms with Crippen molar-refractivity contribution in [3.05, 3.63) is 36.2 Å². The summed E-state index contributed by atoms with van der Waals surface area (Å²) in [6.45, 7) is 4.58. The summed E-state index contributed by atoms with van der Waals surface area (Å²) in [6, 6.07) is 8.00. The first kappa shape index (κ1) is 15.9. The van der Waals surface area contributed by atoms with Crippen LogP contribution in [-0.2, 0) is 7.05 Å². The van der Waals surface area contributed by atoms with Gasteiger partial charge in [-0.05, 0) is 23.6 Å². The first-order valence-corrected chi connectivity index (χ1v) is 7.92. The van der Waals surface area contributed by atoms with Crippen molar-refractivity contribution in [2.75, 3.05) is 12.4 Å². The van der Waals surface area contributed by atoms with Crippen LogP contribution in [0.3, 0.4) is 0 Å². The lowest BCUT2D eigenvalue weighted by atomic mass is 10.0. The lowest BCUT2D eigenvalue weighted by molar-refractivity contribution is 0.126. The molecule has 0 aliphatic carbocycles. The molecule has 1 heterocycles. The molecule has 21 heavy (non-hydrogen) atoms. The van der Waals surface area contributed by atoms with Crippen molar-refractivity contribution in [2.24, 2.45) is 7.05 Å². The number of aromatic nitrogens is 3. The van der Waals surface area contributed by atoms with Gasteiger partial charge in [-0.1, -0.05) is 37.7 Å². The van der Waals surface area contributed by atoms with Gasteiger partial charge in [0.1, 0.15) is 18.7 Å². The Kier molecular flexibility index (Phi) is 5.64. The Morgan fingerprint density at radius 2 is 2.00 bits per heavy atom. The molecule has 2 rings (SSSR count). The fourth-order valence-electron chi connectivity index (χ4n) is 1.76. The Hall–Kier alpha value is -1.53. The maximum atomic E-state index is 9.94. The van der Waals surface area contributed by atoms with Gasteiger partial charge in [-0.3, -0.25) is 0 Å². The average molecular weight is 307 g/mol. The second-order valence-corrected chi connectivity index (χ2v) is 6.21. The van der Waals surface area contributed by atoms with Crippen molar-refractivity contribution in [3.63, 3.8) is 0 Å². The van der Waals surface area contributed by atoms with Crippen LogP contribution in [0.2, 0.25) is 0 Å². The third-order valence-corrected chi connectivity index (χ3v) is 4.24. The average Bonchev–Trinajstić information content (AvgIpc) is 2.88. The second-order valence-electron chi connectivity index (χ2n) is 5.22. The summed E-state index contributed by atoms with van der Waals surface area (Å²) in [5.74, 6) is 1.81. The molecular weight excluding hydrogens is 286 g/mol. The van der Waals surface area contributed by atoms with E-state index in [2.05, 4.69) is 36.2 Å². The third-order valence-electron chi connectivity index (χ3n) is 3.06. The number of hydrogen-bond donors (Lipinski definition) is 1. The predicted octanol–water partition coefficient (Wildman–Crippen LogP) is 2.47. The molecule has 0 saturated carbocycles. The molecule has 114 valence electrons. The first-order chi connectivity index (χ1) is 10.1. The molecule has 2 aromatic rings. The minimum Gasteiger partial charge on any atom is -0.491 e. The van der Waals surface area contributed by atoms with Gasteiger partial charge in [-0.15, -0.1) is 10.2 Å². The minimum absolute atomic E-state index is 0.270. The number of benzene rings is 1. The third kappa shape index (κ3) is 4.75. The van der Waals surface area contributed by atoms with Crippen LogP contribution in [-0.4, -0.2) is 38.3 Å². The number of ether oxygens (including phenoxy) is 1. The topological polar surface area (TPSA) is 60.2 Å². The Balaban J connectivity index is 1.75. The number of hydrogen-bond acceptors (Lipinski definition) is 5. The van der Waals surface area contributed by atoms with E-state index in [9.17, 15) is 5.11 Å². The van der Waals surface area contributed by atoms with Crippen LogP contribution in [0.25, 0.3) is 0 Å². The van der Waals surface area contributed by atoms with Gasteiger partial charge in [0, 0.05) is 12.8 Å². The van der Waals surface area contributed by atoms with E-state index in [1.165, 1.54) is 17.3 Å². The van der Waals surface area contributed by atoms with Crippen molar-refractivity contribution >= 4 is 11.8 Å². The predicted molar refractivity (Wildman–Crippen MR) is 83.8 cm³/mol. The molecular formula is C15H21N3O2S. The summed E-state index contributed by atoms with van der Waals surface area (Å²) >= 11 is 1.46. The molecule has 0 aliphatic heterocycles. The lowest BCUT2D eigenvalue weighted by Gasteiger charge is -2.12. The molecule has 1 aromatic carbocycles. The van der Waals surface area contributed by atoms with Crippen LogP contribution in [0, 0.1) is 0 Å². The van der Waals surface area contributed by atoms with Crippen LogP contribution in [0.5, 0.6) is 5.75 Å². The second kappa shape index (κ2) is 7.47. The summed E-state index contributed by atoms with van der Waals surface area (Å²) in [5, 5.41) is 18.5. The van der Waals surface area contributed by atoms with Gasteiger partial charge in [0.15, 0.2) is 5.16 Å². The SMILES string of the molecule is CC(C)c1ccc(OCC(O)CSc2nncn2C)cc1. The lowest BCUT2D eigenvalue weighted by Crippen LogP contribution is -2.20.